The summed E-state index contributed by atoms with van der Waals surface area (Å²) < 4.78 is 13.7. The standard InChI is InChI=1S/C58H64N4O.Pt/c1-54(2,3)40-27-28-59-51(34-40)62-49-24-20-19-23-47(49)48-26-25-45(36-50(48)62)63-46-30-39(38-21-17-16-18-22-38)29-43(35-46)60-37-61(53(58(13,14)15)52(60)57(10,11)12)44-32-41(55(4,5)6)31-42(33-44)56(7,8)9;/h16-34H,1-15H3;/q-2;. The maximum Gasteiger partial charge on any atom is 0.267 e. The molecule has 334 valence electrons. The van der Waals surface area contributed by atoms with Crippen LogP contribution in [-0.2, 0) is 48.1 Å². The van der Waals surface area contributed by atoms with Gasteiger partial charge in [-0.15, -0.1) is 35.2 Å². The Balaban J connectivity index is 0.00000612. The smallest absolute Gasteiger partial charge is 0.267 e. The summed E-state index contributed by atoms with van der Waals surface area (Å²) in [7, 11) is 0. The predicted octanol–water partition coefficient (Wildman–Crippen LogP) is 14.6. The Morgan fingerprint density at radius 1 is 0.531 bits per heavy atom. The van der Waals surface area contributed by atoms with Gasteiger partial charge in [0.1, 0.15) is 5.82 Å². The summed E-state index contributed by atoms with van der Waals surface area (Å²) >= 11 is 0. The number of imidazole rings is 1. The first kappa shape index (κ1) is 46.7. The van der Waals surface area contributed by atoms with E-state index < -0.39 is 0 Å². The van der Waals surface area contributed by atoms with E-state index in [-0.39, 0.29) is 48.1 Å². The molecule has 0 saturated heterocycles. The minimum absolute atomic E-state index is 0. The molecule has 5 nitrogen and oxygen atoms in total. The fraction of sp³-hybridized carbons (Fsp3) is 0.345. The molecule has 0 fully saturated rings. The minimum Gasteiger partial charge on any atom is -0.510 e. The number of benzene rings is 5. The number of para-hydroxylation sites is 1. The summed E-state index contributed by atoms with van der Waals surface area (Å²) in [6, 6.07) is 46.3. The zero-order chi connectivity index (χ0) is 45.4. The van der Waals surface area contributed by atoms with E-state index >= 15 is 0 Å². The van der Waals surface area contributed by atoms with Crippen LogP contribution in [0.5, 0.6) is 11.5 Å². The van der Waals surface area contributed by atoms with Crippen LogP contribution >= 0.6 is 0 Å². The Kier molecular flexibility index (Phi) is 12.1. The van der Waals surface area contributed by atoms with Crippen LogP contribution in [-0.4, -0.2) is 14.1 Å². The van der Waals surface area contributed by atoms with Crippen molar-refractivity contribution in [1.82, 2.24) is 14.1 Å². The molecule has 0 spiro atoms. The predicted molar refractivity (Wildman–Crippen MR) is 261 cm³/mol. The van der Waals surface area contributed by atoms with Crippen molar-refractivity contribution in [2.75, 3.05) is 0 Å². The van der Waals surface area contributed by atoms with Gasteiger partial charge in [-0.25, -0.2) is 4.98 Å². The van der Waals surface area contributed by atoms with E-state index in [9.17, 15) is 0 Å². The number of aromatic nitrogens is 4. The molecule has 0 bridgehead atoms. The third-order valence-electron chi connectivity index (χ3n) is 12.0. The first-order valence-electron chi connectivity index (χ1n) is 22.4. The zero-order valence-electron chi connectivity index (χ0n) is 40.5. The van der Waals surface area contributed by atoms with Gasteiger partial charge in [-0.2, -0.15) is 12.1 Å². The van der Waals surface area contributed by atoms with Crippen LogP contribution < -0.4 is 9.30 Å². The topological polar surface area (TPSA) is 35.9 Å². The Hall–Kier alpha value is -5.25. The first-order valence-corrected chi connectivity index (χ1v) is 22.4. The maximum atomic E-state index is 6.92. The largest absolute Gasteiger partial charge is 0.510 e. The van der Waals surface area contributed by atoms with Gasteiger partial charge in [0.15, 0.2) is 0 Å². The molecule has 0 unspecified atom stereocenters. The Bertz CT molecular complexity index is 2960. The molecule has 64 heavy (non-hydrogen) atoms. The van der Waals surface area contributed by atoms with Crippen molar-refractivity contribution in [2.24, 2.45) is 0 Å². The number of rotatable bonds is 6. The van der Waals surface area contributed by atoms with Crippen LogP contribution in [0, 0.1) is 18.5 Å². The SMILES string of the molecule is CC(C)(C)c1cc(-[n+]2[c-]n(-c3[c-]c(Oc4[c-]c5c(cc4)c4ccccc4n5-c4cc(C(C)(C)C)ccn4)cc(-c4ccccc4)c3)c(C(C)(C)C)c2C(C)(C)C)cc(C(C)(C)C)c1.[Pt]. The molecule has 5 aromatic carbocycles. The number of pyridine rings is 1. The summed E-state index contributed by atoms with van der Waals surface area (Å²) in [6.07, 6.45) is 5.84. The van der Waals surface area contributed by atoms with E-state index in [1.807, 2.05) is 12.3 Å². The molecule has 3 aromatic heterocycles. The second kappa shape index (κ2) is 16.6. The molecule has 0 amide bonds. The van der Waals surface area contributed by atoms with E-state index in [1.54, 1.807) is 0 Å². The van der Waals surface area contributed by atoms with Gasteiger partial charge in [0.2, 0.25) is 0 Å². The molecular formula is C58H64N4OPt-2. The third kappa shape index (κ3) is 9.16. The number of fused-ring (bicyclic) bond motifs is 3. The average Bonchev–Trinajstić information content (AvgIpc) is 3.78. The number of nitrogens with zero attached hydrogens (tertiary/aromatic N) is 4. The van der Waals surface area contributed by atoms with Crippen molar-refractivity contribution in [2.45, 2.75) is 131 Å². The monoisotopic (exact) mass is 1030 g/mol. The second-order valence-electron chi connectivity index (χ2n) is 22.4. The van der Waals surface area contributed by atoms with Crippen LogP contribution in [0.1, 0.15) is 132 Å². The molecule has 8 rings (SSSR count). The molecule has 0 N–H and O–H groups in total. The van der Waals surface area contributed by atoms with Crippen LogP contribution in [0.25, 0.3) is 50.1 Å². The summed E-state index contributed by atoms with van der Waals surface area (Å²) in [5.74, 6) is 2.04. The van der Waals surface area contributed by atoms with Crippen molar-refractivity contribution < 1.29 is 30.4 Å². The van der Waals surface area contributed by atoms with Crippen LogP contribution in [0.3, 0.4) is 0 Å². The number of ether oxygens (including phenoxy) is 1. The Labute approximate surface area is 396 Å². The van der Waals surface area contributed by atoms with Crippen LogP contribution in [0.2, 0.25) is 0 Å². The van der Waals surface area contributed by atoms with Crippen LogP contribution in [0.4, 0.5) is 0 Å². The fourth-order valence-corrected chi connectivity index (χ4v) is 8.56. The Morgan fingerprint density at radius 2 is 1.16 bits per heavy atom. The minimum atomic E-state index is -0.263. The van der Waals surface area contributed by atoms with Crippen molar-refractivity contribution in [3.05, 3.63) is 162 Å². The molecule has 3 heterocycles. The first-order chi connectivity index (χ1) is 29.4. The molecule has 0 aliphatic carbocycles. The molecule has 0 aliphatic rings. The summed E-state index contributed by atoms with van der Waals surface area (Å²) in [5, 5.41) is 2.23. The van der Waals surface area contributed by atoms with Crippen molar-refractivity contribution in [1.29, 1.82) is 0 Å². The van der Waals surface area contributed by atoms with Gasteiger partial charge in [-0.05, 0) is 90.7 Å². The second-order valence-corrected chi connectivity index (χ2v) is 22.4. The maximum absolute atomic E-state index is 6.92. The van der Waals surface area contributed by atoms with E-state index in [2.05, 4.69) is 239 Å². The molecule has 0 atom stereocenters. The average molecular weight is 1030 g/mol. The van der Waals surface area contributed by atoms with Crippen molar-refractivity contribution >= 4 is 21.8 Å². The van der Waals surface area contributed by atoms with Gasteiger partial charge in [-0.3, -0.25) is 4.57 Å². The van der Waals surface area contributed by atoms with Gasteiger partial charge in [0.05, 0.1) is 17.1 Å². The van der Waals surface area contributed by atoms with E-state index in [1.165, 1.54) is 28.1 Å². The summed E-state index contributed by atoms with van der Waals surface area (Å²) in [4.78, 5) is 4.90. The molecule has 8 aromatic rings. The van der Waals surface area contributed by atoms with Crippen molar-refractivity contribution in [3.63, 3.8) is 0 Å². The summed E-state index contributed by atoms with van der Waals surface area (Å²) in [6.45, 7) is 34.3. The molecule has 0 aliphatic heterocycles. The quantitative estimate of drug-likeness (QED) is 0.123. The van der Waals surface area contributed by atoms with E-state index in [4.69, 9.17) is 9.72 Å². The molecule has 6 heteroatoms. The molecular weight excluding hydrogens is 964 g/mol. The molecule has 0 saturated carbocycles. The van der Waals surface area contributed by atoms with Gasteiger partial charge in [0.25, 0.3) is 6.33 Å². The third-order valence-corrected chi connectivity index (χ3v) is 12.0. The van der Waals surface area contributed by atoms with Gasteiger partial charge in [-0.1, -0.05) is 164 Å². The van der Waals surface area contributed by atoms with Gasteiger partial charge < -0.3 is 13.9 Å². The van der Waals surface area contributed by atoms with Crippen molar-refractivity contribution in [3.8, 4) is 39.8 Å². The number of hydrogen-bond donors (Lipinski definition) is 0. The fourth-order valence-electron chi connectivity index (χ4n) is 8.56. The van der Waals surface area contributed by atoms with Gasteiger partial charge >= 0.3 is 0 Å². The zero-order valence-corrected chi connectivity index (χ0v) is 42.8. The molecule has 0 radical (unpaired) electrons. The van der Waals surface area contributed by atoms with Crippen LogP contribution in [0.15, 0.2) is 115 Å². The van der Waals surface area contributed by atoms with E-state index in [0.717, 1.165) is 50.1 Å². The normalized spacial score (nSPS) is 12.8. The van der Waals surface area contributed by atoms with E-state index in [0.29, 0.717) is 11.5 Å². The Morgan fingerprint density at radius 3 is 1.77 bits per heavy atom. The van der Waals surface area contributed by atoms with Gasteiger partial charge in [0, 0.05) is 44.3 Å². The summed E-state index contributed by atoms with van der Waals surface area (Å²) in [5.41, 5.74) is 11.6. The number of hydrogen-bond acceptors (Lipinski definition) is 2.